The van der Waals surface area contributed by atoms with Gasteiger partial charge in [-0.2, -0.15) is 0 Å². The van der Waals surface area contributed by atoms with E-state index in [1.807, 2.05) is 21.1 Å². The Bertz CT molecular complexity index is 1250. The van der Waals surface area contributed by atoms with Crippen molar-refractivity contribution in [1.82, 2.24) is 0 Å². The molecule has 0 aliphatic carbocycles. The van der Waals surface area contributed by atoms with Crippen molar-refractivity contribution in [3.8, 4) is 0 Å². The lowest BCUT2D eigenvalue weighted by Crippen LogP contribution is -2.37. The van der Waals surface area contributed by atoms with Crippen LogP contribution in [0.3, 0.4) is 0 Å². The number of phosphoric ester groups is 1. The lowest BCUT2D eigenvalue weighted by atomic mass is 10.1. The Kier molecular flexibility index (Phi) is 40.0. The highest BCUT2D eigenvalue weighted by atomic mass is 31.2. The molecule has 9 nitrogen and oxygen atoms in total. The first-order valence-electron chi connectivity index (χ1n) is 23.7. The van der Waals surface area contributed by atoms with Crippen molar-refractivity contribution in [1.29, 1.82) is 0 Å². The van der Waals surface area contributed by atoms with E-state index in [2.05, 4.69) is 86.8 Å². The van der Waals surface area contributed by atoms with E-state index in [-0.39, 0.29) is 32.0 Å². The Hall–Kier alpha value is -2.55. The molecule has 2 unspecified atom stereocenters. The van der Waals surface area contributed by atoms with Gasteiger partial charge in [-0.1, -0.05) is 157 Å². The van der Waals surface area contributed by atoms with E-state index in [0.717, 1.165) is 96.3 Å². The lowest BCUT2D eigenvalue weighted by Gasteiger charge is -2.24. The predicted molar refractivity (Wildman–Crippen MR) is 252 cm³/mol. The maximum absolute atomic E-state index is 12.7. The van der Waals surface area contributed by atoms with Gasteiger partial charge in [0.1, 0.15) is 19.8 Å². The van der Waals surface area contributed by atoms with Crippen molar-refractivity contribution < 1.29 is 42.1 Å². The second-order valence-corrected chi connectivity index (χ2v) is 18.2. The van der Waals surface area contributed by atoms with Gasteiger partial charge in [-0.15, -0.1) is 0 Å². The lowest BCUT2D eigenvalue weighted by molar-refractivity contribution is -0.870. The molecule has 1 N–H and O–H groups in total. The summed E-state index contributed by atoms with van der Waals surface area (Å²) in [5.74, 6) is -0.826. The number of quaternary nitrogens is 1. The van der Waals surface area contributed by atoms with Crippen molar-refractivity contribution >= 4 is 19.8 Å². The summed E-state index contributed by atoms with van der Waals surface area (Å²) in [6.45, 7) is 4.26. The zero-order valence-electron chi connectivity index (χ0n) is 38.9. The standard InChI is InChI=1S/C50H88NO8P/c1-6-8-10-12-14-16-18-20-21-22-23-24-25-26-27-28-29-31-33-35-37-39-41-43-50(53)59-48(47-58-60(54,55)57-45-44-51(3,4)5)46-56-49(52)42-40-38-36-34-32-30-19-17-15-13-11-9-7-2/h8,10,14,16-17,19-21,23-24,26-27,48H,6-7,9,11-13,15,18,22,25,28-47H2,1-5H3/p+1/b10-8-,16-14-,19-17-,21-20-,24-23-,27-26-. The fourth-order valence-electron chi connectivity index (χ4n) is 6.03. The van der Waals surface area contributed by atoms with Crippen LogP contribution in [0.4, 0.5) is 0 Å². The van der Waals surface area contributed by atoms with E-state index >= 15 is 0 Å². The summed E-state index contributed by atoms with van der Waals surface area (Å²) in [7, 11) is 1.45. The molecule has 0 fully saturated rings. The molecule has 0 bridgehead atoms. The van der Waals surface area contributed by atoms with Gasteiger partial charge in [0, 0.05) is 12.8 Å². The van der Waals surface area contributed by atoms with Gasteiger partial charge in [-0.3, -0.25) is 18.6 Å². The van der Waals surface area contributed by atoms with Gasteiger partial charge < -0.3 is 18.9 Å². The third-order valence-corrected chi connectivity index (χ3v) is 10.7. The van der Waals surface area contributed by atoms with E-state index in [0.29, 0.717) is 17.4 Å². The zero-order chi connectivity index (χ0) is 44.3. The first kappa shape index (κ1) is 57.4. The number of unbranched alkanes of at least 4 members (excludes halogenated alkanes) is 16. The van der Waals surface area contributed by atoms with Crippen LogP contribution in [0, 0.1) is 0 Å². The molecule has 0 saturated carbocycles. The summed E-state index contributed by atoms with van der Waals surface area (Å²) in [5, 5.41) is 0. The molecule has 346 valence electrons. The second-order valence-electron chi connectivity index (χ2n) is 16.8. The predicted octanol–water partition coefficient (Wildman–Crippen LogP) is 13.8. The minimum atomic E-state index is -4.38. The van der Waals surface area contributed by atoms with Crippen molar-refractivity contribution in [2.45, 2.75) is 187 Å². The topological polar surface area (TPSA) is 108 Å². The maximum Gasteiger partial charge on any atom is 0.472 e. The summed E-state index contributed by atoms with van der Waals surface area (Å²) in [4.78, 5) is 35.4. The van der Waals surface area contributed by atoms with Crippen LogP contribution in [0.5, 0.6) is 0 Å². The highest BCUT2D eigenvalue weighted by Crippen LogP contribution is 2.43. The van der Waals surface area contributed by atoms with Crippen LogP contribution >= 0.6 is 7.82 Å². The average Bonchev–Trinajstić information content (AvgIpc) is 3.20. The van der Waals surface area contributed by atoms with E-state index in [1.165, 1.54) is 51.4 Å². The smallest absolute Gasteiger partial charge is 0.462 e. The Morgan fingerprint density at radius 1 is 0.533 bits per heavy atom. The Morgan fingerprint density at radius 2 is 0.950 bits per heavy atom. The van der Waals surface area contributed by atoms with Crippen LogP contribution in [0.15, 0.2) is 72.9 Å². The third kappa shape index (κ3) is 45.0. The molecule has 0 spiro atoms. The molecular weight excluding hydrogens is 774 g/mol. The number of phosphoric acid groups is 1. The first-order valence-corrected chi connectivity index (χ1v) is 25.2. The normalized spacial score (nSPS) is 14.2. The van der Waals surface area contributed by atoms with Gasteiger partial charge >= 0.3 is 19.8 Å². The number of carbonyl (C=O) groups is 2. The highest BCUT2D eigenvalue weighted by molar-refractivity contribution is 7.47. The number of rotatable bonds is 42. The number of nitrogens with zero attached hydrogens (tertiary/aromatic N) is 1. The molecule has 0 rings (SSSR count). The molecule has 0 saturated heterocycles. The van der Waals surface area contributed by atoms with Crippen molar-refractivity contribution in [2.24, 2.45) is 0 Å². The van der Waals surface area contributed by atoms with E-state index in [9.17, 15) is 19.0 Å². The zero-order valence-corrected chi connectivity index (χ0v) is 39.8. The van der Waals surface area contributed by atoms with Crippen molar-refractivity contribution in [3.63, 3.8) is 0 Å². The molecule has 0 aromatic rings. The molecule has 0 amide bonds. The van der Waals surface area contributed by atoms with Gasteiger partial charge in [-0.05, 0) is 83.5 Å². The number of ether oxygens (including phenoxy) is 2. The van der Waals surface area contributed by atoms with Crippen LogP contribution in [-0.4, -0.2) is 74.9 Å². The fraction of sp³-hybridized carbons (Fsp3) is 0.720. The molecule has 0 aliphatic rings. The molecule has 60 heavy (non-hydrogen) atoms. The molecule has 10 heteroatoms. The van der Waals surface area contributed by atoms with Gasteiger partial charge in [0.15, 0.2) is 6.10 Å². The Balaban J connectivity index is 4.33. The summed E-state index contributed by atoms with van der Waals surface area (Å²) in [6.07, 6.45) is 52.3. The van der Waals surface area contributed by atoms with Crippen LogP contribution in [0.25, 0.3) is 0 Å². The summed E-state index contributed by atoms with van der Waals surface area (Å²) in [5.41, 5.74) is 0. The first-order chi connectivity index (χ1) is 29.0. The molecular formula is C50H89NO8P+. The quantitative estimate of drug-likeness (QED) is 0.0212. The van der Waals surface area contributed by atoms with Crippen LogP contribution < -0.4 is 0 Å². The minimum absolute atomic E-state index is 0.0246. The number of likely N-dealkylation sites (N-methyl/N-ethyl adjacent to an activating group) is 1. The number of hydrogen-bond donors (Lipinski definition) is 1. The summed E-state index contributed by atoms with van der Waals surface area (Å²) in [6, 6.07) is 0. The number of esters is 2. The molecule has 0 aliphatic heterocycles. The molecule has 0 aromatic carbocycles. The van der Waals surface area contributed by atoms with Crippen LogP contribution in [0.1, 0.15) is 181 Å². The van der Waals surface area contributed by atoms with Gasteiger partial charge in [0.2, 0.25) is 0 Å². The van der Waals surface area contributed by atoms with Crippen molar-refractivity contribution in [2.75, 3.05) is 47.5 Å². The Labute approximate surface area is 368 Å². The molecule has 0 heterocycles. The SMILES string of the molecule is CC/C=C\C/C=C\C/C=C\C/C=C\C/C=C\CCCCCCCCCC(=O)OC(COC(=O)CCCCCCC/C=C\CCCCCC)COP(=O)(O)OCC[N+](C)(C)C. The minimum Gasteiger partial charge on any atom is -0.462 e. The van der Waals surface area contributed by atoms with Gasteiger partial charge in [0.05, 0.1) is 27.7 Å². The fourth-order valence-corrected chi connectivity index (χ4v) is 6.78. The number of hydrogen-bond acceptors (Lipinski definition) is 7. The highest BCUT2D eigenvalue weighted by Gasteiger charge is 2.27. The molecule has 2 atom stereocenters. The van der Waals surface area contributed by atoms with E-state index < -0.39 is 26.5 Å². The second kappa shape index (κ2) is 41.8. The van der Waals surface area contributed by atoms with Crippen LogP contribution in [-0.2, 0) is 32.7 Å². The monoisotopic (exact) mass is 863 g/mol. The summed E-state index contributed by atoms with van der Waals surface area (Å²) >= 11 is 0. The van der Waals surface area contributed by atoms with E-state index in [4.69, 9.17) is 18.5 Å². The van der Waals surface area contributed by atoms with E-state index in [1.54, 1.807) is 0 Å². The number of allylic oxidation sites excluding steroid dienone is 12. The number of carbonyl (C=O) groups excluding carboxylic acids is 2. The van der Waals surface area contributed by atoms with Gasteiger partial charge in [0.25, 0.3) is 0 Å². The Morgan fingerprint density at radius 3 is 1.43 bits per heavy atom. The average molecular weight is 863 g/mol. The molecule has 0 aromatic heterocycles. The largest absolute Gasteiger partial charge is 0.472 e. The van der Waals surface area contributed by atoms with Crippen LogP contribution in [0.2, 0.25) is 0 Å². The van der Waals surface area contributed by atoms with Crippen molar-refractivity contribution in [3.05, 3.63) is 72.9 Å². The third-order valence-electron chi connectivity index (χ3n) is 9.72. The van der Waals surface area contributed by atoms with Gasteiger partial charge in [-0.25, -0.2) is 4.57 Å². The maximum atomic E-state index is 12.7. The molecule has 0 radical (unpaired) electrons. The summed E-state index contributed by atoms with van der Waals surface area (Å²) < 4.78 is 34.3.